The first-order chi connectivity index (χ1) is 9.81. The van der Waals surface area contributed by atoms with Gasteiger partial charge in [0, 0.05) is 5.92 Å². The molecule has 0 heterocycles. The fraction of sp³-hybridized carbons (Fsp3) is 0.947. The van der Waals surface area contributed by atoms with Crippen LogP contribution in [0, 0.1) is 5.92 Å². The third kappa shape index (κ3) is 15.7. The van der Waals surface area contributed by atoms with E-state index in [4.69, 9.17) is 0 Å². The van der Waals surface area contributed by atoms with E-state index in [0.29, 0.717) is 0 Å². The summed E-state index contributed by atoms with van der Waals surface area (Å²) >= 11 is 0. The predicted octanol–water partition coefficient (Wildman–Crippen LogP) is 6.69. The minimum Gasteiger partial charge on any atom is -0.303 e. The van der Waals surface area contributed by atoms with Crippen LogP contribution in [0.1, 0.15) is 110 Å². The first-order valence-corrected chi connectivity index (χ1v) is 9.26. The largest absolute Gasteiger partial charge is 0.303 e. The Morgan fingerprint density at radius 1 is 0.650 bits per heavy atom. The summed E-state index contributed by atoms with van der Waals surface area (Å²) in [6, 6.07) is 0. The van der Waals surface area contributed by atoms with Crippen molar-refractivity contribution in [1.29, 1.82) is 0 Å². The van der Waals surface area contributed by atoms with Crippen molar-refractivity contribution in [2.24, 2.45) is 5.92 Å². The highest BCUT2D eigenvalue weighted by molar-refractivity contribution is 5.52. The number of carbonyl (C=O) groups excluding carboxylic acids is 1. The number of unbranched alkanes of at least 4 members (excludes halogenated alkanes) is 13. The molecular formula is C19H38O. The summed E-state index contributed by atoms with van der Waals surface area (Å²) < 4.78 is 0. The Morgan fingerprint density at radius 2 is 1.00 bits per heavy atom. The highest BCUT2D eigenvalue weighted by Gasteiger charge is 1.98. The van der Waals surface area contributed by atoms with Crippen LogP contribution in [0.4, 0.5) is 0 Å². The van der Waals surface area contributed by atoms with E-state index in [2.05, 4.69) is 6.92 Å². The van der Waals surface area contributed by atoms with Gasteiger partial charge in [-0.1, -0.05) is 104 Å². The molecule has 0 spiro atoms. The molecule has 0 fully saturated rings. The van der Waals surface area contributed by atoms with Gasteiger partial charge in [0.2, 0.25) is 0 Å². The van der Waals surface area contributed by atoms with Crippen molar-refractivity contribution in [3.05, 3.63) is 0 Å². The van der Waals surface area contributed by atoms with E-state index in [1.165, 1.54) is 89.9 Å². The zero-order valence-electron chi connectivity index (χ0n) is 14.2. The first kappa shape index (κ1) is 19.7. The topological polar surface area (TPSA) is 17.1 Å². The Kier molecular flexibility index (Phi) is 16.4. The van der Waals surface area contributed by atoms with Gasteiger partial charge in [-0.25, -0.2) is 0 Å². The zero-order chi connectivity index (χ0) is 14.9. The lowest BCUT2D eigenvalue weighted by molar-refractivity contribution is -0.110. The molecule has 0 aliphatic heterocycles. The maximum atomic E-state index is 10.5. The molecule has 0 radical (unpaired) electrons. The fourth-order valence-electron chi connectivity index (χ4n) is 2.73. The third-order valence-electron chi connectivity index (χ3n) is 4.25. The Balaban J connectivity index is 2.97. The van der Waals surface area contributed by atoms with E-state index in [-0.39, 0.29) is 5.92 Å². The van der Waals surface area contributed by atoms with Crippen LogP contribution >= 0.6 is 0 Å². The number of hydrogen-bond donors (Lipinski definition) is 0. The Labute approximate surface area is 127 Å². The van der Waals surface area contributed by atoms with E-state index in [0.717, 1.165) is 12.7 Å². The molecule has 1 nitrogen and oxygen atoms in total. The molecule has 1 heteroatoms. The van der Waals surface area contributed by atoms with Crippen molar-refractivity contribution in [1.82, 2.24) is 0 Å². The Hall–Kier alpha value is -0.330. The van der Waals surface area contributed by atoms with E-state index >= 15 is 0 Å². The number of carbonyl (C=O) groups is 1. The van der Waals surface area contributed by atoms with Crippen LogP contribution in [0.25, 0.3) is 0 Å². The van der Waals surface area contributed by atoms with Gasteiger partial charge < -0.3 is 4.79 Å². The third-order valence-corrected chi connectivity index (χ3v) is 4.25. The molecule has 0 aromatic heterocycles. The van der Waals surface area contributed by atoms with E-state index < -0.39 is 0 Å². The quantitative estimate of drug-likeness (QED) is 0.227. The second-order valence-electron chi connectivity index (χ2n) is 6.50. The standard InChI is InChI=1S/C19H38O/c1-3-4-5-6-7-8-9-10-11-12-13-14-15-16-17-19(2)18-20/h18-19H,3-17H2,1-2H3. The molecule has 0 saturated heterocycles. The summed E-state index contributed by atoms with van der Waals surface area (Å²) in [6.45, 7) is 4.30. The van der Waals surface area contributed by atoms with Gasteiger partial charge in [-0.05, 0) is 6.42 Å². The molecule has 0 N–H and O–H groups in total. The van der Waals surface area contributed by atoms with Gasteiger partial charge in [-0.15, -0.1) is 0 Å². The molecular weight excluding hydrogens is 244 g/mol. The SMILES string of the molecule is CCCCCCCCCCCCCCCCC(C)C=O. The van der Waals surface area contributed by atoms with Gasteiger partial charge in [0.05, 0.1) is 0 Å². The summed E-state index contributed by atoms with van der Waals surface area (Å²) in [5, 5.41) is 0. The minimum absolute atomic E-state index is 0.271. The van der Waals surface area contributed by atoms with Crippen molar-refractivity contribution >= 4 is 6.29 Å². The van der Waals surface area contributed by atoms with Crippen LogP contribution in [-0.4, -0.2) is 6.29 Å². The fourth-order valence-corrected chi connectivity index (χ4v) is 2.73. The van der Waals surface area contributed by atoms with Gasteiger partial charge in [-0.3, -0.25) is 0 Å². The highest BCUT2D eigenvalue weighted by atomic mass is 16.1. The predicted molar refractivity (Wildman–Crippen MR) is 90.2 cm³/mol. The normalized spacial score (nSPS) is 12.5. The van der Waals surface area contributed by atoms with Gasteiger partial charge in [-0.2, -0.15) is 0 Å². The molecule has 1 unspecified atom stereocenters. The highest BCUT2D eigenvalue weighted by Crippen LogP contribution is 2.14. The number of aldehydes is 1. The summed E-state index contributed by atoms with van der Waals surface area (Å²) in [6.07, 6.45) is 21.8. The average molecular weight is 283 g/mol. The van der Waals surface area contributed by atoms with Gasteiger partial charge in [0.25, 0.3) is 0 Å². The molecule has 0 aromatic carbocycles. The molecule has 120 valence electrons. The van der Waals surface area contributed by atoms with Crippen molar-refractivity contribution in [3.8, 4) is 0 Å². The van der Waals surface area contributed by atoms with Gasteiger partial charge >= 0.3 is 0 Å². The van der Waals surface area contributed by atoms with Gasteiger partial charge in [0.15, 0.2) is 0 Å². The summed E-state index contributed by atoms with van der Waals surface area (Å²) in [7, 11) is 0. The molecule has 0 aliphatic carbocycles. The van der Waals surface area contributed by atoms with E-state index in [1.807, 2.05) is 6.92 Å². The summed E-state index contributed by atoms with van der Waals surface area (Å²) in [5.74, 6) is 0.271. The second-order valence-corrected chi connectivity index (χ2v) is 6.50. The molecule has 0 amide bonds. The molecule has 20 heavy (non-hydrogen) atoms. The maximum absolute atomic E-state index is 10.5. The Bertz CT molecular complexity index is 188. The summed E-state index contributed by atoms with van der Waals surface area (Å²) in [5.41, 5.74) is 0. The van der Waals surface area contributed by atoms with E-state index in [9.17, 15) is 4.79 Å². The maximum Gasteiger partial charge on any atom is 0.122 e. The minimum atomic E-state index is 0.271. The van der Waals surface area contributed by atoms with Crippen LogP contribution in [-0.2, 0) is 4.79 Å². The molecule has 0 aliphatic rings. The molecule has 0 rings (SSSR count). The zero-order valence-corrected chi connectivity index (χ0v) is 14.2. The van der Waals surface area contributed by atoms with E-state index in [1.54, 1.807) is 0 Å². The van der Waals surface area contributed by atoms with Crippen molar-refractivity contribution in [2.45, 2.75) is 110 Å². The monoisotopic (exact) mass is 282 g/mol. The van der Waals surface area contributed by atoms with Crippen LogP contribution < -0.4 is 0 Å². The van der Waals surface area contributed by atoms with Crippen LogP contribution in [0.3, 0.4) is 0 Å². The molecule has 0 bridgehead atoms. The Morgan fingerprint density at radius 3 is 1.35 bits per heavy atom. The van der Waals surface area contributed by atoms with Crippen molar-refractivity contribution < 1.29 is 4.79 Å². The van der Waals surface area contributed by atoms with Crippen LogP contribution in [0.2, 0.25) is 0 Å². The first-order valence-electron chi connectivity index (χ1n) is 9.26. The van der Waals surface area contributed by atoms with Crippen molar-refractivity contribution in [2.75, 3.05) is 0 Å². The molecule has 0 saturated carbocycles. The lowest BCUT2D eigenvalue weighted by atomic mass is 10.0. The number of hydrogen-bond acceptors (Lipinski definition) is 1. The lowest BCUT2D eigenvalue weighted by Gasteiger charge is -2.04. The lowest BCUT2D eigenvalue weighted by Crippen LogP contribution is -1.94. The van der Waals surface area contributed by atoms with Crippen LogP contribution in [0.15, 0.2) is 0 Å². The average Bonchev–Trinajstić information content (AvgIpc) is 2.47. The summed E-state index contributed by atoms with van der Waals surface area (Å²) in [4.78, 5) is 10.5. The van der Waals surface area contributed by atoms with Gasteiger partial charge in [0.1, 0.15) is 6.29 Å². The smallest absolute Gasteiger partial charge is 0.122 e. The number of rotatable bonds is 16. The molecule has 1 atom stereocenters. The molecule has 0 aromatic rings. The second kappa shape index (κ2) is 16.7. The van der Waals surface area contributed by atoms with Crippen LogP contribution in [0.5, 0.6) is 0 Å². The van der Waals surface area contributed by atoms with Crippen molar-refractivity contribution in [3.63, 3.8) is 0 Å².